The molecule has 0 unspecified atom stereocenters. The van der Waals surface area contributed by atoms with Gasteiger partial charge in [0.05, 0.1) is 10.6 Å². The van der Waals surface area contributed by atoms with Gasteiger partial charge < -0.3 is 9.97 Å². The van der Waals surface area contributed by atoms with Gasteiger partial charge in [-0.2, -0.15) is 5.26 Å². The fourth-order valence-electron chi connectivity index (χ4n) is 1.45. The first-order valence-corrected chi connectivity index (χ1v) is 5.46. The Bertz CT molecular complexity index is 619. The van der Waals surface area contributed by atoms with E-state index in [1.807, 2.05) is 12.3 Å². The summed E-state index contributed by atoms with van der Waals surface area (Å²) >= 11 is 1.39. The van der Waals surface area contributed by atoms with Gasteiger partial charge in [0.25, 0.3) is 5.56 Å². The van der Waals surface area contributed by atoms with Gasteiger partial charge in [-0.05, 0) is 13.2 Å². The van der Waals surface area contributed by atoms with Crippen LogP contribution < -0.4 is 5.56 Å². The lowest BCUT2D eigenvalue weighted by Gasteiger charge is -1.91. The zero-order valence-corrected chi connectivity index (χ0v) is 9.03. The highest BCUT2D eigenvalue weighted by Gasteiger charge is 2.14. The van der Waals surface area contributed by atoms with Crippen molar-refractivity contribution in [3.63, 3.8) is 0 Å². The summed E-state index contributed by atoms with van der Waals surface area (Å²) in [5.41, 5.74) is 0.564. The molecule has 0 radical (unpaired) electrons. The average Bonchev–Trinajstić information content (AvgIpc) is 2.55. The van der Waals surface area contributed by atoms with Crippen molar-refractivity contribution in [2.45, 2.75) is 11.9 Å². The van der Waals surface area contributed by atoms with Gasteiger partial charge in [0.1, 0.15) is 22.9 Å². The zero-order chi connectivity index (χ0) is 11.0. The molecule has 0 atom stereocenters. The fourth-order valence-corrected chi connectivity index (χ4v) is 2.00. The van der Waals surface area contributed by atoms with Gasteiger partial charge in [0, 0.05) is 0 Å². The second kappa shape index (κ2) is 3.44. The van der Waals surface area contributed by atoms with Crippen LogP contribution in [-0.4, -0.2) is 21.2 Å². The monoisotopic (exact) mass is 220 g/mol. The Morgan fingerprint density at radius 1 is 1.47 bits per heavy atom. The Morgan fingerprint density at radius 2 is 2.20 bits per heavy atom. The van der Waals surface area contributed by atoms with Crippen LogP contribution in [0.1, 0.15) is 11.4 Å². The van der Waals surface area contributed by atoms with E-state index in [9.17, 15) is 4.79 Å². The molecule has 0 aromatic carbocycles. The number of thioether (sulfide) groups is 1. The number of aromatic amines is 2. The quantitative estimate of drug-likeness (QED) is 0.706. The lowest BCUT2D eigenvalue weighted by atomic mass is 10.2. The van der Waals surface area contributed by atoms with E-state index in [1.54, 1.807) is 6.92 Å². The molecule has 76 valence electrons. The van der Waals surface area contributed by atoms with Gasteiger partial charge in [-0.25, -0.2) is 4.98 Å². The van der Waals surface area contributed by atoms with E-state index in [0.717, 1.165) is 0 Å². The van der Waals surface area contributed by atoms with Crippen molar-refractivity contribution < 1.29 is 0 Å². The van der Waals surface area contributed by atoms with E-state index in [-0.39, 0.29) is 5.56 Å². The van der Waals surface area contributed by atoms with Crippen LogP contribution in [0.15, 0.2) is 9.82 Å². The summed E-state index contributed by atoms with van der Waals surface area (Å²) in [6.45, 7) is 1.70. The highest BCUT2D eigenvalue weighted by molar-refractivity contribution is 7.98. The predicted molar refractivity (Wildman–Crippen MR) is 57.9 cm³/mol. The van der Waals surface area contributed by atoms with E-state index >= 15 is 0 Å². The maximum Gasteiger partial charge on any atom is 0.261 e. The number of fused-ring (bicyclic) bond motifs is 1. The van der Waals surface area contributed by atoms with Gasteiger partial charge in [0.2, 0.25) is 0 Å². The molecule has 0 aliphatic rings. The molecule has 0 spiro atoms. The molecule has 0 bridgehead atoms. The summed E-state index contributed by atoms with van der Waals surface area (Å²) in [6.07, 6.45) is 1.84. The third kappa shape index (κ3) is 1.41. The first-order valence-electron chi connectivity index (χ1n) is 4.24. The molecule has 0 aliphatic carbocycles. The van der Waals surface area contributed by atoms with Crippen LogP contribution in [0.3, 0.4) is 0 Å². The Balaban J connectivity index is 2.97. The largest absolute Gasteiger partial charge is 0.333 e. The maximum absolute atomic E-state index is 11.6. The third-order valence-corrected chi connectivity index (χ3v) is 2.78. The second-order valence-corrected chi connectivity index (χ2v) is 3.84. The number of aromatic nitrogens is 3. The van der Waals surface area contributed by atoms with E-state index < -0.39 is 0 Å². The molecule has 2 rings (SSSR count). The molecular formula is C9H8N4OS. The minimum Gasteiger partial charge on any atom is -0.333 e. The van der Waals surface area contributed by atoms with E-state index in [4.69, 9.17) is 5.26 Å². The molecule has 0 amide bonds. The van der Waals surface area contributed by atoms with Crippen LogP contribution in [0.5, 0.6) is 0 Å². The molecular weight excluding hydrogens is 212 g/mol. The summed E-state index contributed by atoms with van der Waals surface area (Å²) in [5.74, 6) is 0.533. The number of nitrogens with zero attached hydrogens (tertiary/aromatic N) is 2. The van der Waals surface area contributed by atoms with Crippen LogP contribution >= 0.6 is 11.8 Å². The van der Waals surface area contributed by atoms with Crippen LogP contribution in [0.25, 0.3) is 11.0 Å². The summed E-state index contributed by atoms with van der Waals surface area (Å²) in [6, 6.07) is 2.02. The summed E-state index contributed by atoms with van der Waals surface area (Å²) < 4.78 is 0. The molecule has 2 N–H and O–H groups in total. The van der Waals surface area contributed by atoms with Gasteiger partial charge in [-0.1, -0.05) is 0 Å². The smallest absolute Gasteiger partial charge is 0.261 e. The molecule has 2 aromatic heterocycles. The first-order chi connectivity index (χ1) is 7.17. The van der Waals surface area contributed by atoms with E-state index in [2.05, 4.69) is 15.0 Å². The van der Waals surface area contributed by atoms with E-state index in [0.29, 0.717) is 27.4 Å². The van der Waals surface area contributed by atoms with Crippen molar-refractivity contribution in [3.8, 4) is 6.07 Å². The Hall–Kier alpha value is -1.74. The molecule has 0 fully saturated rings. The van der Waals surface area contributed by atoms with Crippen LogP contribution in [0.4, 0.5) is 0 Å². The number of nitriles is 1. The number of hydrogen-bond donors (Lipinski definition) is 2. The van der Waals surface area contributed by atoms with Crippen molar-refractivity contribution in [3.05, 3.63) is 21.7 Å². The maximum atomic E-state index is 11.6. The molecule has 2 heterocycles. The fraction of sp³-hybridized carbons (Fsp3) is 0.222. The van der Waals surface area contributed by atoms with Gasteiger partial charge in [-0.3, -0.25) is 4.79 Å². The Morgan fingerprint density at radius 3 is 2.80 bits per heavy atom. The summed E-state index contributed by atoms with van der Waals surface area (Å²) in [5, 5.41) is 9.98. The molecule has 0 saturated carbocycles. The number of rotatable bonds is 1. The van der Waals surface area contributed by atoms with Crippen LogP contribution in [-0.2, 0) is 0 Å². The highest BCUT2D eigenvalue weighted by Crippen LogP contribution is 2.23. The summed E-state index contributed by atoms with van der Waals surface area (Å²) in [4.78, 5) is 21.3. The Labute approximate surface area is 89.5 Å². The minimum absolute atomic E-state index is 0.273. The molecule has 0 aliphatic heterocycles. The molecule has 15 heavy (non-hydrogen) atoms. The number of aryl methyl sites for hydroxylation is 1. The van der Waals surface area contributed by atoms with Crippen molar-refractivity contribution >= 4 is 22.8 Å². The topological polar surface area (TPSA) is 85.3 Å². The number of hydrogen-bond acceptors (Lipinski definition) is 4. The van der Waals surface area contributed by atoms with Crippen molar-refractivity contribution in [2.75, 3.05) is 6.26 Å². The van der Waals surface area contributed by atoms with Gasteiger partial charge in [-0.15, -0.1) is 11.8 Å². The lowest BCUT2D eigenvalue weighted by Crippen LogP contribution is -2.09. The molecule has 6 heteroatoms. The average molecular weight is 220 g/mol. The van der Waals surface area contributed by atoms with Gasteiger partial charge in [0.15, 0.2) is 0 Å². The molecule has 2 aromatic rings. The van der Waals surface area contributed by atoms with E-state index in [1.165, 1.54) is 11.8 Å². The summed E-state index contributed by atoms with van der Waals surface area (Å²) in [7, 11) is 0. The third-order valence-electron chi connectivity index (χ3n) is 2.06. The predicted octanol–water partition coefficient (Wildman–Crippen LogP) is 1.15. The minimum atomic E-state index is -0.273. The lowest BCUT2D eigenvalue weighted by molar-refractivity contribution is 1.04. The number of H-pyrrole nitrogens is 2. The zero-order valence-electron chi connectivity index (χ0n) is 8.21. The van der Waals surface area contributed by atoms with Crippen molar-refractivity contribution in [1.82, 2.24) is 15.0 Å². The molecule has 0 saturated heterocycles. The SMILES string of the molecule is CSc1[nH]c2nc(C)[nH]c(=O)c2c1C#N. The van der Waals surface area contributed by atoms with Crippen molar-refractivity contribution in [2.24, 2.45) is 0 Å². The normalized spacial score (nSPS) is 10.5. The first kappa shape index (κ1) is 9.80. The molecule has 5 nitrogen and oxygen atoms in total. The van der Waals surface area contributed by atoms with Crippen molar-refractivity contribution in [1.29, 1.82) is 5.26 Å². The standard InChI is InChI=1S/C9H8N4OS/c1-4-11-7-6(8(14)12-4)5(3-10)9(13-7)15-2/h1-2H3,(H2,11,12,13,14). The van der Waals surface area contributed by atoms with Crippen LogP contribution in [0, 0.1) is 18.3 Å². The number of nitrogens with one attached hydrogen (secondary N) is 2. The van der Waals surface area contributed by atoms with Gasteiger partial charge >= 0.3 is 0 Å². The second-order valence-electron chi connectivity index (χ2n) is 3.02. The highest BCUT2D eigenvalue weighted by atomic mass is 32.2. The van der Waals surface area contributed by atoms with Crippen LogP contribution in [0.2, 0.25) is 0 Å². The Kier molecular flexibility index (Phi) is 2.25.